The van der Waals surface area contributed by atoms with E-state index in [4.69, 9.17) is 5.73 Å². The number of amides is 1. The summed E-state index contributed by atoms with van der Waals surface area (Å²) in [5.41, 5.74) is 5.78. The molecule has 0 aromatic rings. The molecule has 1 aliphatic heterocycles. The molecule has 4 nitrogen and oxygen atoms in total. The van der Waals surface area contributed by atoms with Crippen LogP contribution in [0.25, 0.3) is 0 Å². The Morgan fingerprint density at radius 2 is 1.67 bits per heavy atom. The van der Waals surface area contributed by atoms with Gasteiger partial charge in [0.05, 0.1) is 6.54 Å². The van der Waals surface area contributed by atoms with Gasteiger partial charge < -0.3 is 10.6 Å². The molecule has 1 saturated carbocycles. The van der Waals surface area contributed by atoms with Crippen molar-refractivity contribution in [3.8, 4) is 0 Å². The molecule has 0 bridgehead atoms. The zero-order chi connectivity index (χ0) is 14.0. The molecular weight excluding hydrogens is 330 g/mol. The third-order valence-corrected chi connectivity index (χ3v) is 3.91. The van der Waals surface area contributed by atoms with Crippen LogP contribution in [0.3, 0.4) is 0 Å². The minimum absolute atomic E-state index is 0. The Balaban J connectivity index is 0.00000200. The average molecular weight is 352 g/mol. The summed E-state index contributed by atoms with van der Waals surface area (Å²) in [6.45, 7) is 0.485. The maximum atomic E-state index is 12.2. The average Bonchev–Trinajstić information content (AvgIpc) is 2.74. The summed E-state index contributed by atoms with van der Waals surface area (Å²) in [7, 11) is 0. The van der Waals surface area contributed by atoms with Gasteiger partial charge in [-0.2, -0.15) is 13.2 Å². The Labute approximate surface area is 135 Å². The molecule has 0 radical (unpaired) electrons. The van der Waals surface area contributed by atoms with Crippen molar-refractivity contribution in [2.45, 2.75) is 31.5 Å². The van der Waals surface area contributed by atoms with Gasteiger partial charge in [0.1, 0.15) is 0 Å². The second-order valence-corrected chi connectivity index (χ2v) is 5.49. The minimum atomic E-state index is -4.16. The van der Waals surface area contributed by atoms with Crippen LogP contribution >= 0.6 is 24.8 Å². The first-order valence-corrected chi connectivity index (χ1v) is 6.68. The molecule has 2 rings (SSSR count). The summed E-state index contributed by atoms with van der Waals surface area (Å²) in [5, 5.41) is 0. The number of nitrogens with zero attached hydrogens (tertiary/aromatic N) is 2. The van der Waals surface area contributed by atoms with E-state index < -0.39 is 12.7 Å². The van der Waals surface area contributed by atoms with Crippen LogP contribution in [-0.2, 0) is 4.79 Å². The van der Waals surface area contributed by atoms with Crippen molar-refractivity contribution in [3.05, 3.63) is 0 Å². The molecule has 2 aliphatic rings. The lowest BCUT2D eigenvalue weighted by Gasteiger charge is -2.36. The predicted molar refractivity (Wildman–Crippen MR) is 78.9 cm³/mol. The SMILES string of the molecule is Cl.Cl.NC1CCC(C(=O)N2CCN(CC(F)(F)F)CC2)C1. The van der Waals surface area contributed by atoms with E-state index in [0.717, 1.165) is 12.8 Å². The minimum Gasteiger partial charge on any atom is -0.340 e. The fourth-order valence-corrected chi connectivity index (χ4v) is 2.88. The monoisotopic (exact) mass is 351 g/mol. The smallest absolute Gasteiger partial charge is 0.340 e. The van der Waals surface area contributed by atoms with Gasteiger partial charge in [-0.15, -0.1) is 24.8 Å². The van der Waals surface area contributed by atoms with Gasteiger partial charge in [0.2, 0.25) is 5.91 Å². The molecule has 0 aromatic carbocycles. The van der Waals surface area contributed by atoms with Crippen molar-refractivity contribution in [2.75, 3.05) is 32.7 Å². The molecule has 2 unspecified atom stereocenters. The molecular formula is C12H22Cl2F3N3O. The molecule has 2 atom stereocenters. The van der Waals surface area contributed by atoms with E-state index in [0.29, 0.717) is 32.6 Å². The lowest BCUT2D eigenvalue weighted by atomic mass is 10.1. The summed E-state index contributed by atoms with van der Waals surface area (Å²) in [5.74, 6) is 0.0452. The highest BCUT2D eigenvalue weighted by Gasteiger charge is 2.35. The quantitative estimate of drug-likeness (QED) is 0.823. The Kier molecular flexibility index (Phi) is 8.31. The standard InChI is InChI=1S/C12H20F3N3O.2ClH/c13-12(14,15)8-17-3-5-18(6-4-17)11(19)9-1-2-10(16)7-9;;/h9-10H,1-8,16H2;2*1H. The van der Waals surface area contributed by atoms with Crippen molar-refractivity contribution in [1.82, 2.24) is 9.80 Å². The van der Waals surface area contributed by atoms with Gasteiger partial charge in [-0.05, 0) is 19.3 Å². The number of halogens is 5. The van der Waals surface area contributed by atoms with Crippen molar-refractivity contribution in [2.24, 2.45) is 11.7 Å². The molecule has 1 heterocycles. The van der Waals surface area contributed by atoms with Gasteiger partial charge in [-0.1, -0.05) is 0 Å². The number of alkyl halides is 3. The molecule has 126 valence electrons. The summed E-state index contributed by atoms with van der Waals surface area (Å²) in [4.78, 5) is 15.2. The van der Waals surface area contributed by atoms with E-state index in [2.05, 4.69) is 0 Å². The van der Waals surface area contributed by atoms with Crippen LogP contribution < -0.4 is 5.73 Å². The van der Waals surface area contributed by atoms with Crippen molar-refractivity contribution in [3.63, 3.8) is 0 Å². The number of carbonyl (C=O) groups is 1. The zero-order valence-corrected chi connectivity index (χ0v) is 13.3. The fraction of sp³-hybridized carbons (Fsp3) is 0.917. The highest BCUT2D eigenvalue weighted by atomic mass is 35.5. The van der Waals surface area contributed by atoms with Gasteiger partial charge in [0.25, 0.3) is 0 Å². The third kappa shape index (κ3) is 6.18. The number of piperazine rings is 1. The molecule has 1 saturated heterocycles. The van der Waals surface area contributed by atoms with Crippen LogP contribution in [0.15, 0.2) is 0 Å². The van der Waals surface area contributed by atoms with E-state index in [1.165, 1.54) is 4.90 Å². The number of rotatable bonds is 2. The van der Waals surface area contributed by atoms with Crippen LogP contribution in [0, 0.1) is 5.92 Å². The molecule has 1 amide bonds. The zero-order valence-electron chi connectivity index (χ0n) is 11.6. The van der Waals surface area contributed by atoms with Crippen LogP contribution in [0.4, 0.5) is 13.2 Å². The molecule has 9 heteroatoms. The Morgan fingerprint density at radius 1 is 1.10 bits per heavy atom. The van der Waals surface area contributed by atoms with Gasteiger partial charge in [0.15, 0.2) is 0 Å². The third-order valence-electron chi connectivity index (χ3n) is 3.91. The van der Waals surface area contributed by atoms with E-state index >= 15 is 0 Å². The Hall–Kier alpha value is -0.240. The maximum Gasteiger partial charge on any atom is 0.401 e. The second-order valence-electron chi connectivity index (χ2n) is 5.49. The summed E-state index contributed by atoms with van der Waals surface area (Å²) in [6, 6.07) is 0.0977. The normalized spacial score (nSPS) is 27.0. The van der Waals surface area contributed by atoms with Crippen molar-refractivity contribution >= 4 is 30.7 Å². The summed E-state index contributed by atoms with van der Waals surface area (Å²) >= 11 is 0. The van der Waals surface area contributed by atoms with Crippen LogP contribution in [0.5, 0.6) is 0 Å². The number of hydrogen-bond acceptors (Lipinski definition) is 3. The largest absolute Gasteiger partial charge is 0.401 e. The molecule has 0 aromatic heterocycles. The van der Waals surface area contributed by atoms with Crippen molar-refractivity contribution in [1.29, 1.82) is 0 Å². The maximum absolute atomic E-state index is 12.2. The lowest BCUT2D eigenvalue weighted by Crippen LogP contribution is -2.52. The number of nitrogens with two attached hydrogens (primary N) is 1. The first-order chi connectivity index (χ1) is 8.85. The van der Waals surface area contributed by atoms with Gasteiger partial charge in [-0.3, -0.25) is 9.69 Å². The van der Waals surface area contributed by atoms with Crippen LogP contribution in [0.1, 0.15) is 19.3 Å². The Morgan fingerprint density at radius 3 is 2.10 bits per heavy atom. The van der Waals surface area contributed by atoms with Crippen LogP contribution in [-0.4, -0.2) is 60.6 Å². The second kappa shape index (κ2) is 8.41. The molecule has 0 spiro atoms. The summed E-state index contributed by atoms with van der Waals surface area (Å²) in [6.07, 6.45) is -1.78. The fourth-order valence-electron chi connectivity index (χ4n) is 2.88. The highest BCUT2D eigenvalue weighted by Crippen LogP contribution is 2.26. The first kappa shape index (κ1) is 20.8. The van der Waals surface area contributed by atoms with E-state index in [1.54, 1.807) is 4.90 Å². The van der Waals surface area contributed by atoms with E-state index in [9.17, 15) is 18.0 Å². The predicted octanol–water partition coefficient (Wildman–Crippen LogP) is 1.66. The Bertz CT molecular complexity index is 336. The molecule has 21 heavy (non-hydrogen) atoms. The summed E-state index contributed by atoms with van der Waals surface area (Å²) < 4.78 is 36.7. The van der Waals surface area contributed by atoms with Gasteiger partial charge in [-0.25, -0.2) is 0 Å². The topological polar surface area (TPSA) is 49.6 Å². The molecule has 2 N–H and O–H groups in total. The lowest BCUT2D eigenvalue weighted by molar-refractivity contribution is -0.152. The van der Waals surface area contributed by atoms with Gasteiger partial charge in [0, 0.05) is 38.1 Å². The molecule has 1 aliphatic carbocycles. The van der Waals surface area contributed by atoms with Crippen LogP contribution in [0.2, 0.25) is 0 Å². The van der Waals surface area contributed by atoms with E-state index in [1.807, 2.05) is 0 Å². The van der Waals surface area contributed by atoms with Gasteiger partial charge >= 0.3 is 6.18 Å². The number of carbonyl (C=O) groups excluding carboxylic acids is 1. The number of hydrogen-bond donors (Lipinski definition) is 1. The van der Waals surface area contributed by atoms with E-state index in [-0.39, 0.29) is 42.7 Å². The van der Waals surface area contributed by atoms with Crippen molar-refractivity contribution < 1.29 is 18.0 Å². The highest BCUT2D eigenvalue weighted by molar-refractivity contribution is 5.85. The molecule has 2 fully saturated rings. The first-order valence-electron chi connectivity index (χ1n) is 6.68.